The first-order valence-electron chi connectivity index (χ1n) is 7.69. The molecule has 0 aliphatic heterocycles. The predicted octanol–water partition coefficient (Wildman–Crippen LogP) is 4.88. The van der Waals surface area contributed by atoms with E-state index >= 15 is 0 Å². The molecule has 5 heteroatoms. The molecule has 0 bridgehead atoms. The third-order valence-electron chi connectivity index (χ3n) is 3.61. The Morgan fingerprint density at radius 3 is 2.83 bits per heavy atom. The molecule has 0 spiro atoms. The van der Waals surface area contributed by atoms with Gasteiger partial charge in [0.25, 0.3) is 0 Å². The zero-order chi connectivity index (χ0) is 16.9. The van der Waals surface area contributed by atoms with E-state index in [1.807, 2.05) is 42.5 Å². The number of hydrogen-bond donors (Lipinski definition) is 0. The van der Waals surface area contributed by atoms with E-state index in [0.29, 0.717) is 19.0 Å². The molecule has 0 aliphatic carbocycles. The van der Waals surface area contributed by atoms with Gasteiger partial charge in [0, 0.05) is 21.0 Å². The highest BCUT2D eigenvalue weighted by Crippen LogP contribution is 2.27. The first-order chi connectivity index (χ1) is 11.7. The molecule has 0 aliphatic rings. The number of halogens is 1. The number of rotatable bonds is 6. The maximum atomic E-state index is 11.7. The summed E-state index contributed by atoms with van der Waals surface area (Å²) in [5.41, 5.74) is 2.58. The van der Waals surface area contributed by atoms with Crippen LogP contribution in [0.4, 0.5) is 0 Å². The number of esters is 1. The van der Waals surface area contributed by atoms with Crippen molar-refractivity contribution in [3.63, 3.8) is 0 Å². The lowest BCUT2D eigenvalue weighted by Crippen LogP contribution is -2.09. The number of furan rings is 1. The van der Waals surface area contributed by atoms with Crippen LogP contribution in [0.1, 0.15) is 18.1 Å². The Balaban J connectivity index is 1.75. The van der Waals surface area contributed by atoms with Crippen molar-refractivity contribution in [1.29, 1.82) is 0 Å². The highest BCUT2D eigenvalue weighted by atomic mass is 79.9. The van der Waals surface area contributed by atoms with Gasteiger partial charge in [-0.25, -0.2) is 0 Å². The molecule has 124 valence electrons. The van der Waals surface area contributed by atoms with Crippen molar-refractivity contribution in [1.82, 2.24) is 0 Å². The van der Waals surface area contributed by atoms with Crippen LogP contribution >= 0.6 is 15.9 Å². The van der Waals surface area contributed by atoms with Crippen LogP contribution in [0.15, 0.2) is 57.6 Å². The zero-order valence-electron chi connectivity index (χ0n) is 13.3. The first-order valence-corrected chi connectivity index (χ1v) is 8.48. The van der Waals surface area contributed by atoms with Crippen LogP contribution < -0.4 is 4.74 Å². The van der Waals surface area contributed by atoms with E-state index in [4.69, 9.17) is 13.9 Å². The maximum absolute atomic E-state index is 11.7. The maximum Gasteiger partial charge on any atom is 0.310 e. The Morgan fingerprint density at radius 1 is 1.17 bits per heavy atom. The molecule has 24 heavy (non-hydrogen) atoms. The molecule has 4 nitrogen and oxygen atoms in total. The third kappa shape index (κ3) is 3.79. The quantitative estimate of drug-likeness (QED) is 0.564. The average Bonchev–Trinajstić information content (AvgIpc) is 2.96. The normalized spacial score (nSPS) is 10.8. The predicted molar refractivity (Wildman–Crippen MR) is 95.0 cm³/mol. The monoisotopic (exact) mass is 388 g/mol. The van der Waals surface area contributed by atoms with E-state index in [-0.39, 0.29) is 12.4 Å². The molecular formula is C19H17BrO4. The summed E-state index contributed by atoms with van der Waals surface area (Å²) < 4.78 is 17.5. The summed E-state index contributed by atoms with van der Waals surface area (Å²) in [5, 5.41) is 1.01. The summed E-state index contributed by atoms with van der Waals surface area (Å²) in [6.45, 7) is 2.54. The number of benzene rings is 2. The highest BCUT2D eigenvalue weighted by Gasteiger charge is 2.11. The average molecular weight is 389 g/mol. The van der Waals surface area contributed by atoms with Gasteiger partial charge in [0.2, 0.25) is 0 Å². The van der Waals surface area contributed by atoms with Gasteiger partial charge in [-0.15, -0.1) is 0 Å². The van der Waals surface area contributed by atoms with Crippen LogP contribution in [0, 0.1) is 0 Å². The summed E-state index contributed by atoms with van der Waals surface area (Å²) in [4.78, 5) is 11.7. The van der Waals surface area contributed by atoms with Crippen LogP contribution in [0.2, 0.25) is 0 Å². The molecule has 0 saturated heterocycles. The molecule has 0 atom stereocenters. The molecular weight excluding hydrogens is 372 g/mol. The van der Waals surface area contributed by atoms with Crippen molar-refractivity contribution in [3.05, 3.63) is 64.3 Å². The number of carbonyl (C=O) groups is 1. The van der Waals surface area contributed by atoms with E-state index in [0.717, 1.165) is 26.6 Å². The standard InChI is InChI=1S/C19H17BrO4/c1-2-22-19(21)9-13-5-3-4-6-17(13)23-11-14-12-24-18-10-15(20)7-8-16(14)18/h3-8,10,12H,2,9,11H2,1H3. The Morgan fingerprint density at radius 2 is 2.00 bits per heavy atom. The highest BCUT2D eigenvalue weighted by molar-refractivity contribution is 9.10. The van der Waals surface area contributed by atoms with Crippen LogP contribution in [0.5, 0.6) is 5.75 Å². The molecule has 0 amide bonds. The zero-order valence-corrected chi connectivity index (χ0v) is 14.8. The Kier molecular flexibility index (Phi) is 5.20. The minimum Gasteiger partial charge on any atom is -0.488 e. The van der Waals surface area contributed by atoms with Crippen molar-refractivity contribution < 1.29 is 18.7 Å². The molecule has 0 fully saturated rings. The van der Waals surface area contributed by atoms with E-state index in [1.165, 1.54) is 0 Å². The summed E-state index contributed by atoms with van der Waals surface area (Å²) in [6.07, 6.45) is 1.90. The lowest BCUT2D eigenvalue weighted by molar-refractivity contribution is -0.142. The summed E-state index contributed by atoms with van der Waals surface area (Å²) in [7, 11) is 0. The van der Waals surface area contributed by atoms with Crippen molar-refractivity contribution in [3.8, 4) is 5.75 Å². The van der Waals surface area contributed by atoms with Crippen molar-refractivity contribution in [2.24, 2.45) is 0 Å². The molecule has 1 heterocycles. The van der Waals surface area contributed by atoms with Gasteiger partial charge in [0.1, 0.15) is 17.9 Å². The van der Waals surface area contributed by atoms with Crippen molar-refractivity contribution in [2.45, 2.75) is 20.0 Å². The Bertz CT molecular complexity index is 853. The molecule has 0 saturated carbocycles. The molecule has 3 rings (SSSR count). The fraction of sp³-hybridized carbons (Fsp3) is 0.211. The lowest BCUT2D eigenvalue weighted by Gasteiger charge is -2.10. The number of hydrogen-bond acceptors (Lipinski definition) is 4. The lowest BCUT2D eigenvalue weighted by atomic mass is 10.1. The van der Waals surface area contributed by atoms with Gasteiger partial charge in [0.05, 0.1) is 19.3 Å². The van der Waals surface area contributed by atoms with Gasteiger partial charge in [-0.2, -0.15) is 0 Å². The number of para-hydroxylation sites is 1. The van der Waals surface area contributed by atoms with Crippen molar-refractivity contribution >= 4 is 32.9 Å². The van der Waals surface area contributed by atoms with Gasteiger partial charge in [-0.05, 0) is 31.2 Å². The number of fused-ring (bicyclic) bond motifs is 1. The second-order valence-electron chi connectivity index (χ2n) is 5.28. The summed E-state index contributed by atoms with van der Waals surface area (Å²) in [5.74, 6) is 0.421. The van der Waals surface area contributed by atoms with Crippen LogP contribution in [-0.4, -0.2) is 12.6 Å². The van der Waals surface area contributed by atoms with E-state index in [1.54, 1.807) is 13.2 Å². The number of ether oxygens (including phenoxy) is 2. The van der Waals surface area contributed by atoms with Gasteiger partial charge >= 0.3 is 5.97 Å². The molecule has 0 unspecified atom stereocenters. The molecule has 0 N–H and O–H groups in total. The van der Waals surface area contributed by atoms with Crippen molar-refractivity contribution in [2.75, 3.05) is 6.61 Å². The molecule has 2 aromatic carbocycles. The van der Waals surface area contributed by atoms with E-state index in [2.05, 4.69) is 15.9 Å². The molecule has 3 aromatic rings. The van der Waals surface area contributed by atoms with Gasteiger partial charge in [0.15, 0.2) is 0 Å². The molecule has 0 radical (unpaired) electrons. The second-order valence-corrected chi connectivity index (χ2v) is 6.20. The fourth-order valence-corrected chi connectivity index (χ4v) is 2.82. The first kappa shape index (κ1) is 16.6. The SMILES string of the molecule is CCOC(=O)Cc1ccccc1OCc1coc2cc(Br)ccc12. The van der Waals surface area contributed by atoms with E-state index in [9.17, 15) is 4.79 Å². The van der Waals surface area contributed by atoms with E-state index < -0.39 is 0 Å². The fourth-order valence-electron chi connectivity index (χ4n) is 2.48. The van der Waals surface area contributed by atoms with Crippen LogP contribution in [-0.2, 0) is 22.6 Å². The topological polar surface area (TPSA) is 48.7 Å². The van der Waals surface area contributed by atoms with Gasteiger partial charge in [-0.1, -0.05) is 34.1 Å². The Hall–Kier alpha value is -2.27. The minimum absolute atomic E-state index is 0.198. The summed E-state index contributed by atoms with van der Waals surface area (Å²) in [6, 6.07) is 13.4. The van der Waals surface area contributed by atoms with Crippen LogP contribution in [0.25, 0.3) is 11.0 Å². The molecule has 1 aromatic heterocycles. The second kappa shape index (κ2) is 7.53. The largest absolute Gasteiger partial charge is 0.488 e. The van der Waals surface area contributed by atoms with Crippen LogP contribution in [0.3, 0.4) is 0 Å². The Labute approximate surface area is 148 Å². The smallest absolute Gasteiger partial charge is 0.310 e. The van der Waals surface area contributed by atoms with Gasteiger partial charge < -0.3 is 13.9 Å². The summed E-state index contributed by atoms with van der Waals surface area (Å²) >= 11 is 3.43. The van der Waals surface area contributed by atoms with Gasteiger partial charge in [-0.3, -0.25) is 4.79 Å². The minimum atomic E-state index is -0.257. The third-order valence-corrected chi connectivity index (χ3v) is 4.11. The number of carbonyl (C=O) groups excluding carboxylic acids is 1.